The average molecular weight is 287 g/mol. The highest BCUT2D eigenvalue weighted by Gasteiger charge is 2.17. The fraction of sp³-hybridized carbons (Fsp3) is 0.500. The highest BCUT2D eigenvalue weighted by molar-refractivity contribution is 8.22. The van der Waals surface area contributed by atoms with Gasteiger partial charge in [-0.1, -0.05) is 57.3 Å². The van der Waals surface area contributed by atoms with Crippen LogP contribution in [-0.2, 0) is 12.2 Å². The summed E-state index contributed by atoms with van der Waals surface area (Å²) in [4.78, 5) is 0. The summed E-state index contributed by atoms with van der Waals surface area (Å²) in [6, 6.07) is 8.46. The first-order valence-corrected chi connectivity index (χ1v) is 7.68. The molecule has 0 fully saturated rings. The van der Waals surface area contributed by atoms with Gasteiger partial charge in [0.1, 0.15) is 0 Å². The zero-order chi connectivity index (χ0) is 12.9. The van der Waals surface area contributed by atoms with Crippen LogP contribution in [-0.4, -0.2) is 10.1 Å². The van der Waals surface area contributed by atoms with Crippen LogP contribution in [0.3, 0.4) is 0 Å². The van der Waals surface area contributed by atoms with Crippen molar-refractivity contribution in [2.75, 3.05) is 5.88 Å². The Balaban J connectivity index is 2.66. The van der Waals surface area contributed by atoms with E-state index >= 15 is 0 Å². The van der Waals surface area contributed by atoms with Crippen molar-refractivity contribution in [2.24, 2.45) is 5.41 Å². The fourth-order valence-electron chi connectivity index (χ4n) is 1.40. The highest BCUT2D eigenvalue weighted by Crippen LogP contribution is 2.28. The van der Waals surface area contributed by atoms with E-state index < -0.39 is 0 Å². The molecule has 0 heterocycles. The highest BCUT2D eigenvalue weighted by atomic mass is 35.5. The standard InChI is InChI=1S/C14H19ClS2/c1-14(2,3)13(16)17-10-12-7-5-4-6-11(12)8-9-15/h4-7H,8-10H2,1-3H3. The van der Waals surface area contributed by atoms with Gasteiger partial charge in [-0.25, -0.2) is 0 Å². The van der Waals surface area contributed by atoms with Gasteiger partial charge in [0.25, 0.3) is 0 Å². The topological polar surface area (TPSA) is 0 Å². The Morgan fingerprint density at radius 2 is 1.82 bits per heavy atom. The van der Waals surface area contributed by atoms with E-state index in [9.17, 15) is 0 Å². The van der Waals surface area contributed by atoms with E-state index in [1.807, 2.05) is 0 Å². The van der Waals surface area contributed by atoms with Crippen molar-refractivity contribution in [2.45, 2.75) is 32.9 Å². The maximum atomic E-state index is 5.81. The van der Waals surface area contributed by atoms with Crippen LogP contribution < -0.4 is 0 Å². The van der Waals surface area contributed by atoms with E-state index in [4.69, 9.17) is 23.8 Å². The van der Waals surface area contributed by atoms with Gasteiger partial charge in [-0.3, -0.25) is 0 Å². The number of alkyl halides is 1. The van der Waals surface area contributed by atoms with Crippen LogP contribution in [0.5, 0.6) is 0 Å². The maximum absolute atomic E-state index is 5.81. The van der Waals surface area contributed by atoms with Gasteiger partial charge in [0.2, 0.25) is 0 Å². The molecular weight excluding hydrogens is 268 g/mol. The molecule has 1 rings (SSSR count). The van der Waals surface area contributed by atoms with Crippen LogP contribution in [0.2, 0.25) is 0 Å². The molecule has 0 radical (unpaired) electrons. The summed E-state index contributed by atoms with van der Waals surface area (Å²) < 4.78 is 1.07. The quantitative estimate of drug-likeness (QED) is 0.559. The van der Waals surface area contributed by atoms with Gasteiger partial charge in [-0.05, 0) is 17.5 Å². The molecule has 0 atom stereocenters. The van der Waals surface area contributed by atoms with Crippen LogP contribution in [0, 0.1) is 5.41 Å². The molecule has 1 aromatic rings. The number of hydrogen-bond acceptors (Lipinski definition) is 2. The molecule has 0 spiro atoms. The minimum atomic E-state index is 0.0986. The Kier molecular flexibility index (Phi) is 5.98. The molecule has 0 amide bonds. The zero-order valence-corrected chi connectivity index (χ0v) is 13.0. The van der Waals surface area contributed by atoms with E-state index in [-0.39, 0.29) is 5.41 Å². The molecule has 94 valence electrons. The number of thiocarbonyl (C=S) groups is 1. The Hall–Kier alpha value is -0.0500. The van der Waals surface area contributed by atoms with Crippen molar-refractivity contribution in [1.29, 1.82) is 0 Å². The molecule has 0 aliphatic heterocycles. The van der Waals surface area contributed by atoms with Gasteiger partial charge >= 0.3 is 0 Å². The molecule has 3 heteroatoms. The van der Waals surface area contributed by atoms with Gasteiger partial charge in [0.05, 0.1) is 4.20 Å². The Labute approximate surface area is 119 Å². The van der Waals surface area contributed by atoms with E-state index in [1.54, 1.807) is 11.8 Å². The summed E-state index contributed by atoms with van der Waals surface area (Å²) >= 11 is 13.0. The van der Waals surface area contributed by atoms with Gasteiger partial charge in [-0.2, -0.15) is 0 Å². The predicted octanol–water partition coefficient (Wildman–Crippen LogP) is 5.07. The minimum absolute atomic E-state index is 0.0986. The summed E-state index contributed by atoms with van der Waals surface area (Å²) in [6.07, 6.45) is 0.931. The molecular formula is C14H19ClS2. The molecule has 0 aliphatic rings. The molecule has 0 bridgehead atoms. The first-order valence-electron chi connectivity index (χ1n) is 5.75. The summed E-state index contributed by atoms with van der Waals surface area (Å²) in [5.41, 5.74) is 2.79. The number of thioether (sulfide) groups is 1. The third-order valence-electron chi connectivity index (χ3n) is 2.45. The zero-order valence-electron chi connectivity index (χ0n) is 10.6. The largest absolute Gasteiger partial charge is 0.126 e. The van der Waals surface area contributed by atoms with Crippen molar-refractivity contribution in [1.82, 2.24) is 0 Å². The van der Waals surface area contributed by atoms with Gasteiger partial charge in [-0.15, -0.1) is 23.4 Å². The van der Waals surface area contributed by atoms with Crippen LogP contribution in [0.15, 0.2) is 24.3 Å². The molecule has 0 saturated heterocycles. The lowest BCUT2D eigenvalue weighted by Gasteiger charge is -2.19. The Morgan fingerprint density at radius 3 is 2.35 bits per heavy atom. The van der Waals surface area contributed by atoms with Gasteiger partial charge < -0.3 is 0 Å². The van der Waals surface area contributed by atoms with Gasteiger partial charge in [0, 0.05) is 17.0 Å². The summed E-state index contributed by atoms with van der Waals surface area (Å²) in [6.45, 7) is 6.48. The van der Waals surface area contributed by atoms with Crippen LogP contribution >= 0.6 is 35.6 Å². The normalized spacial score (nSPS) is 11.5. The SMILES string of the molecule is CC(C)(C)C(=S)SCc1ccccc1CCCl. The molecule has 0 N–H and O–H groups in total. The molecule has 1 aromatic carbocycles. The molecule has 17 heavy (non-hydrogen) atoms. The third kappa shape index (κ3) is 4.99. The van der Waals surface area contributed by atoms with E-state index in [1.165, 1.54) is 11.1 Å². The number of halogens is 1. The number of aryl methyl sites for hydroxylation is 1. The summed E-state index contributed by atoms with van der Waals surface area (Å²) in [5, 5.41) is 0. The van der Waals surface area contributed by atoms with E-state index in [0.29, 0.717) is 5.88 Å². The second-order valence-electron chi connectivity index (χ2n) is 5.03. The van der Waals surface area contributed by atoms with Crippen molar-refractivity contribution in [3.8, 4) is 0 Å². The van der Waals surface area contributed by atoms with Crippen LogP contribution in [0.25, 0.3) is 0 Å². The second kappa shape index (κ2) is 6.77. The average Bonchev–Trinajstić information content (AvgIpc) is 2.26. The molecule has 0 nitrogen and oxygen atoms in total. The Morgan fingerprint density at radius 1 is 1.24 bits per heavy atom. The maximum Gasteiger partial charge on any atom is 0.0535 e. The van der Waals surface area contributed by atoms with Crippen molar-refractivity contribution in [3.63, 3.8) is 0 Å². The lowest BCUT2D eigenvalue weighted by atomic mass is 10.0. The third-order valence-corrected chi connectivity index (χ3v) is 4.94. The number of rotatable bonds is 4. The summed E-state index contributed by atoms with van der Waals surface area (Å²) in [7, 11) is 0. The molecule has 0 aliphatic carbocycles. The smallest absolute Gasteiger partial charge is 0.0535 e. The van der Waals surface area contributed by atoms with Crippen molar-refractivity contribution < 1.29 is 0 Å². The number of benzene rings is 1. The van der Waals surface area contributed by atoms with Crippen LogP contribution in [0.4, 0.5) is 0 Å². The van der Waals surface area contributed by atoms with Crippen LogP contribution in [0.1, 0.15) is 31.9 Å². The summed E-state index contributed by atoms with van der Waals surface area (Å²) in [5.74, 6) is 1.62. The first-order chi connectivity index (χ1) is 7.95. The lowest BCUT2D eigenvalue weighted by molar-refractivity contribution is 0.610. The van der Waals surface area contributed by atoms with Crippen molar-refractivity contribution in [3.05, 3.63) is 35.4 Å². The van der Waals surface area contributed by atoms with Gasteiger partial charge in [0.15, 0.2) is 0 Å². The van der Waals surface area contributed by atoms with E-state index in [2.05, 4.69) is 45.0 Å². The molecule has 0 unspecified atom stereocenters. The lowest BCUT2D eigenvalue weighted by Crippen LogP contribution is -2.14. The molecule has 0 saturated carbocycles. The minimum Gasteiger partial charge on any atom is -0.126 e. The Bertz CT molecular complexity index is 380. The first kappa shape index (κ1) is 15.0. The van der Waals surface area contributed by atoms with E-state index in [0.717, 1.165) is 16.4 Å². The van der Waals surface area contributed by atoms with Crippen molar-refractivity contribution >= 4 is 39.8 Å². The fourth-order valence-corrected chi connectivity index (χ4v) is 2.79. The predicted molar refractivity (Wildman–Crippen MR) is 84.2 cm³/mol. The molecule has 0 aromatic heterocycles. The monoisotopic (exact) mass is 286 g/mol. The second-order valence-corrected chi connectivity index (χ2v) is 7.06. The number of hydrogen-bond donors (Lipinski definition) is 0.